The molecule has 1 heterocycles. The Balaban J connectivity index is 2.45. The van der Waals surface area contributed by atoms with Crippen molar-refractivity contribution < 1.29 is 4.79 Å². The number of carbonyl (C=O) groups excluding carboxylic acids is 1. The van der Waals surface area contributed by atoms with Gasteiger partial charge in [0.05, 0.1) is 0 Å². The average molecular weight is 268 g/mol. The third-order valence-electron chi connectivity index (χ3n) is 4.16. The highest BCUT2D eigenvalue weighted by Gasteiger charge is 2.27. The zero-order valence-corrected chi connectivity index (χ0v) is 13.1. The van der Waals surface area contributed by atoms with E-state index in [1.807, 2.05) is 0 Å². The molecule has 1 amide bonds. The van der Waals surface area contributed by atoms with Crippen LogP contribution in [-0.4, -0.2) is 36.5 Å². The number of amides is 1. The SMILES string of the molecule is CCCCC(CC)C(=O)N1CCCC(NCCC)C1. The molecule has 0 spiro atoms. The largest absolute Gasteiger partial charge is 0.341 e. The fourth-order valence-corrected chi connectivity index (χ4v) is 2.90. The van der Waals surface area contributed by atoms with E-state index in [9.17, 15) is 4.79 Å². The van der Waals surface area contributed by atoms with Crippen LogP contribution in [0.25, 0.3) is 0 Å². The molecule has 2 atom stereocenters. The predicted molar refractivity (Wildman–Crippen MR) is 81.2 cm³/mol. The topological polar surface area (TPSA) is 32.3 Å². The molecule has 3 nitrogen and oxygen atoms in total. The van der Waals surface area contributed by atoms with E-state index in [0.717, 1.165) is 38.9 Å². The van der Waals surface area contributed by atoms with Gasteiger partial charge in [0, 0.05) is 25.0 Å². The molecule has 19 heavy (non-hydrogen) atoms. The number of piperidine rings is 1. The molecular weight excluding hydrogens is 236 g/mol. The van der Waals surface area contributed by atoms with Gasteiger partial charge < -0.3 is 10.2 Å². The fourth-order valence-electron chi connectivity index (χ4n) is 2.90. The van der Waals surface area contributed by atoms with Gasteiger partial charge in [0.1, 0.15) is 0 Å². The van der Waals surface area contributed by atoms with Gasteiger partial charge >= 0.3 is 0 Å². The molecule has 1 aliphatic rings. The second-order valence-corrected chi connectivity index (χ2v) is 5.82. The van der Waals surface area contributed by atoms with E-state index in [4.69, 9.17) is 0 Å². The van der Waals surface area contributed by atoms with Crippen LogP contribution in [0, 0.1) is 5.92 Å². The maximum absolute atomic E-state index is 12.6. The number of nitrogens with zero attached hydrogens (tertiary/aromatic N) is 1. The van der Waals surface area contributed by atoms with Crippen molar-refractivity contribution >= 4 is 5.91 Å². The highest BCUT2D eigenvalue weighted by Crippen LogP contribution is 2.19. The molecule has 1 aliphatic heterocycles. The van der Waals surface area contributed by atoms with Crippen molar-refractivity contribution in [1.29, 1.82) is 0 Å². The molecule has 0 aromatic rings. The van der Waals surface area contributed by atoms with Gasteiger partial charge in [-0.15, -0.1) is 0 Å². The van der Waals surface area contributed by atoms with Crippen molar-refractivity contribution in [3.63, 3.8) is 0 Å². The van der Waals surface area contributed by atoms with Crippen molar-refractivity contribution in [3.8, 4) is 0 Å². The van der Waals surface area contributed by atoms with Crippen molar-refractivity contribution in [2.45, 2.75) is 71.8 Å². The van der Waals surface area contributed by atoms with Crippen LogP contribution in [0.2, 0.25) is 0 Å². The maximum atomic E-state index is 12.6. The molecule has 0 saturated carbocycles. The van der Waals surface area contributed by atoms with Gasteiger partial charge in [-0.3, -0.25) is 4.79 Å². The number of hydrogen-bond donors (Lipinski definition) is 1. The van der Waals surface area contributed by atoms with Crippen LogP contribution in [0.5, 0.6) is 0 Å². The third-order valence-corrected chi connectivity index (χ3v) is 4.16. The minimum absolute atomic E-state index is 0.255. The van der Waals surface area contributed by atoms with E-state index in [2.05, 4.69) is 31.0 Å². The number of likely N-dealkylation sites (tertiary alicyclic amines) is 1. The summed E-state index contributed by atoms with van der Waals surface area (Å²) in [5, 5.41) is 3.56. The van der Waals surface area contributed by atoms with E-state index >= 15 is 0 Å². The quantitative estimate of drug-likeness (QED) is 0.733. The van der Waals surface area contributed by atoms with Crippen LogP contribution in [0.1, 0.15) is 65.7 Å². The predicted octanol–water partition coefficient (Wildman–Crippen LogP) is 3.19. The molecule has 1 fully saturated rings. The molecule has 0 bridgehead atoms. The minimum Gasteiger partial charge on any atom is -0.341 e. The summed E-state index contributed by atoms with van der Waals surface area (Å²) in [6, 6.07) is 0.515. The van der Waals surface area contributed by atoms with Crippen molar-refractivity contribution in [2.75, 3.05) is 19.6 Å². The zero-order chi connectivity index (χ0) is 14.1. The molecule has 112 valence electrons. The van der Waals surface area contributed by atoms with E-state index < -0.39 is 0 Å². The standard InChI is InChI=1S/C16H32N2O/c1-4-7-9-14(6-3)16(19)18-12-8-10-15(13-18)17-11-5-2/h14-15,17H,4-13H2,1-3H3. The van der Waals surface area contributed by atoms with Crippen LogP contribution in [0.3, 0.4) is 0 Å². The minimum atomic E-state index is 0.255. The monoisotopic (exact) mass is 268 g/mol. The van der Waals surface area contributed by atoms with Gasteiger partial charge in [0.2, 0.25) is 5.91 Å². The fraction of sp³-hybridized carbons (Fsp3) is 0.938. The van der Waals surface area contributed by atoms with E-state index in [0.29, 0.717) is 11.9 Å². The Bertz CT molecular complexity index is 255. The summed E-state index contributed by atoms with van der Waals surface area (Å²) in [5.74, 6) is 0.656. The lowest BCUT2D eigenvalue weighted by atomic mass is 9.96. The van der Waals surface area contributed by atoms with Crippen molar-refractivity contribution in [1.82, 2.24) is 10.2 Å². The molecule has 0 aromatic heterocycles. The van der Waals surface area contributed by atoms with Crippen LogP contribution in [-0.2, 0) is 4.79 Å². The van der Waals surface area contributed by atoms with Crippen LogP contribution >= 0.6 is 0 Å². The van der Waals surface area contributed by atoms with Gasteiger partial charge in [-0.2, -0.15) is 0 Å². The second-order valence-electron chi connectivity index (χ2n) is 5.82. The first kappa shape index (κ1) is 16.5. The Morgan fingerprint density at radius 1 is 1.32 bits per heavy atom. The summed E-state index contributed by atoms with van der Waals surface area (Å²) in [5.41, 5.74) is 0. The third kappa shape index (κ3) is 5.52. The first-order valence-corrected chi connectivity index (χ1v) is 8.25. The first-order chi connectivity index (χ1) is 9.22. The maximum Gasteiger partial charge on any atom is 0.225 e. The molecular formula is C16H32N2O. The van der Waals surface area contributed by atoms with Crippen LogP contribution in [0.15, 0.2) is 0 Å². The van der Waals surface area contributed by atoms with Crippen molar-refractivity contribution in [3.05, 3.63) is 0 Å². The molecule has 1 rings (SSSR count). The smallest absolute Gasteiger partial charge is 0.225 e. The lowest BCUT2D eigenvalue weighted by Gasteiger charge is -2.35. The van der Waals surface area contributed by atoms with Crippen LogP contribution in [0.4, 0.5) is 0 Å². The summed E-state index contributed by atoms with van der Waals surface area (Å²) in [4.78, 5) is 14.7. The zero-order valence-electron chi connectivity index (χ0n) is 13.1. The van der Waals surface area contributed by atoms with Gasteiger partial charge in [0.15, 0.2) is 0 Å². The molecule has 0 aliphatic carbocycles. The summed E-state index contributed by atoms with van der Waals surface area (Å²) in [6.07, 6.45) is 7.95. The number of rotatable bonds is 8. The number of carbonyl (C=O) groups is 1. The number of nitrogens with one attached hydrogen (secondary N) is 1. The van der Waals surface area contributed by atoms with E-state index in [1.165, 1.54) is 25.7 Å². The Kier molecular flexibility index (Phi) is 8.11. The number of hydrogen-bond acceptors (Lipinski definition) is 2. The first-order valence-electron chi connectivity index (χ1n) is 8.25. The summed E-state index contributed by atoms with van der Waals surface area (Å²) in [6.45, 7) is 9.49. The Labute approximate surface area is 119 Å². The normalized spacial score (nSPS) is 21.4. The lowest BCUT2D eigenvalue weighted by Crippen LogP contribution is -2.49. The highest BCUT2D eigenvalue weighted by atomic mass is 16.2. The van der Waals surface area contributed by atoms with Gasteiger partial charge in [-0.25, -0.2) is 0 Å². The van der Waals surface area contributed by atoms with E-state index in [1.54, 1.807) is 0 Å². The summed E-state index contributed by atoms with van der Waals surface area (Å²) < 4.78 is 0. The molecule has 1 saturated heterocycles. The van der Waals surface area contributed by atoms with Gasteiger partial charge in [-0.05, 0) is 38.6 Å². The van der Waals surface area contributed by atoms with Crippen molar-refractivity contribution in [2.24, 2.45) is 5.92 Å². The molecule has 3 heteroatoms. The molecule has 2 unspecified atom stereocenters. The molecule has 1 N–H and O–H groups in total. The molecule has 0 radical (unpaired) electrons. The van der Waals surface area contributed by atoms with E-state index in [-0.39, 0.29) is 5.92 Å². The highest BCUT2D eigenvalue weighted by molar-refractivity contribution is 5.78. The van der Waals surface area contributed by atoms with Gasteiger partial charge in [0.25, 0.3) is 0 Å². The van der Waals surface area contributed by atoms with Crippen LogP contribution < -0.4 is 5.32 Å². The second kappa shape index (κ2) is 9.35. The summed E-state index contributed by atoms with van der Waals surface area (Å²) in [7, 11) is 0. The Hall–Kier alpha value is -0.570. The lowest BCUT2D eigenvalue weighted by molar-refractivity contribution is -0.137. The molecule has 0 aromatic carbocycles. The Morgan fingerprint density at radius 3 is 2.74 bits per heavy atom. The Morgan fingerprint density at radius 2 is 2.11 bits per heavy atom. The van der Waals surface area contributed by atoms with Gasteiger partial charge in [-0.1, -0.05) is 33.6 Å². The average Bonchev–Trinajstić information content (AvgIpc) is 2.46. The number of unbranched alkanes of at least 4 members (excludes halogenated alkanes) is 1. The summed E-state index contributed by atoms with van der Waals surface area (Å²) >= 11 is 0.